The van der Waals surface area contributed by atoms with E-state index in [0.717, 1.165) is 24.8 Å². The third kappa shape index (κ3) is 3.18. The normalized spacial score (nSPS) is 25.3. The van der Waals surface area contributed by atoms with Crippen molar-refractivity contribution in [3.8, 4) is 11.5 Å². The van der Waals surface area contributed by atoms with Gasteiger partial charge in [-0.25, -0.2) is 4.79 Å². The van der Waals surface area contributed by atoms with E-state index in [2.05, 4.69) is 18.7 Å². The highest BCUT2D eigenvalue weighted by Gasteiger charge is 2.44. The lowest BCUT2D eigenvalue weighted by atomic mass is 9.88. The highest BCUT2D eigenvalue weighted by atomic mass is 16.6. The molecule has 2 aliphatic rings. The lowest BCUT2D eigenvalue weighted by molar-refractivity contribution is -0.152. The fourth-order valence-electron chi connectivity index (χ4n) is 3.84. The molecule has 0 spiro atoms. The third-order valence-electron chi connectivity index (χ3n) is 5.01. The van der Waals surface area contributed by atoms with Crippen molar-refractivity contribution in [2.24, 2.45) is 17.8 Å². The van der Waals surface area contributed by atoms with E-state index < -0.39 is 6.10 Å². The molecule has 1 aromatic rings. The summed E-state index contributed by atoms with van der Waals surface area (Å²) in [6.07, 6.45) is 8.54. The molecule has 1 aromatic carbocycles. The fourth-order valence-corrected chi connectivity index (χ4v) is 3.84. The van der Waals surface area contributed by atoms with Crippen LogP contribution in [-0.4, -0.2) is 26.3 Å². The number of esters is 1. The molecular formula is C20H24O4. The largest absolute Gasteiger partial charge is 0.493 e. The number of benzene rings is 1. The molecule has 0 aliphatic heterocycles. The van der Waals surface area contributed by atoms with Gasteiger partial charge in [0.2, 0.25) is 0 Å². The number of rotatable bonds is 7. The Labute approximate surface area is 143 Å². The Morgan fingerprint density at radius 1 is 1.29 bits per heavy atom. The van der Waals surface area contributed by atoms with Gasteiger partial charge in [-0.2, -0.15) is 0 Å². The van der Waals surface area contributed by atoms with E-state index in [4.69, 9.17) is 14.2 Å². The molecule has 2 aliphatic carbocycles. The predicted octanol–water partition coefficient (Wildman–Crippen LogP) is 3.56. The number of hydrogen-bond donors (Lipinski definition) is 0. The topological polar surface area (TPSA) is 44.8 Å². The van der Waals surface area contributed by atoms with E-state index in [-0.39, 0.29) is 11.9 Å². The van der Waals surface area contributed by atoms with Gasteiger partial charge in [0, 0.05) is 5.92 Å². The predicted molar refractivity (Wildman–Crippen MR) is 92.2 cm³/mol. The molecular weight excluding hydrogens is 304 g/mol. The minimum atomic E-state index is -0.603. The molecule has 128 valence electrons. The van der Waals surface area contributed by atoms with Crippen LogP contribution in [0.1, 0.15) is 18.4 Å². The second kappa shape index (κ2) is 7.12. The lowest BCUT2D eigenvalue weighted by Gasteiger charge is -2.27. The Morgan fingerprint density at radius 3 is 2.71 bits per heavy atom. The monoisotopic (exact) mass is 328 g/mol. The zero-order valence-corrected chi connectivity index (χ0v) is 14.2. The first-order valence-electron chi connectivity index (χ1n) is 8.37. The Kier molecular flexibility index (Phi) is 4.93. The summed E-state index contributed by atoms with van der Waals surface area (Å²) in [7, 11) is 3.01. The first-order valence-corrected chi connectivity index (χ1v) is 8.37. The van der Waals surface area contributed by atoms with Crippen molar-refractivity contribution in [2.75, 3.05) is 14.2 Å². The van der Waals surface area contributed by atoms with Crippen LogP contribution in [-0.2, 0) is 16.0 Å². The van der Waals surface area contributed by atoms with E-state index >= 15 is 0 Å². The summed E-state index contributed by atoms with van der Waals surface area (Å²) in [5.41, 5.74) is 1.09. The van der Waals surface area contributed by atoms with Gasteiger partial charge in [-0.15, -0.1) is 6.58 Å². The molecule has 3 rings (SSSR count). The quantitative estimate of drug-likeness (QED) is 0.567. The first kappa shape index (κ1) is 16.6. The standard InChI is InChI=1S/C20H24O4/c1-4-5-13-7-9-17(18(12-13)22-2)24-19(20(21)23-3)16-11-14-6-8-15(16)10-14/h4,6-9,12,14-16,19H,1,5,10-11H2,2-3H3. The highest BCUT2D eigenvalue weighted by molar-refractivity contribution is 5.75. The van der Waals surface area contributed by atoms with Crippen LogP contribution in [0.2, 0.25) is 0 Å². The molecule has 4 nitrogen and oxygen atoms in total. The molecule has 24 heavy (non-hydrogen) atoms. The molecule has 4 unspecified atom stereocenters. The Hall–Kier alpha value is -2.23. The van der Waals surface area contributed by atoms with Gasteiger partial charge in [-0.3, -0.25) is 0 Å². The van der Waals surface area contributed by atoms with Crippen LogP contribution < -0.4 is 9.47 Å². The molecule has 4 heteroatoms. The second-order valence-electron chi connectivity index (χ2n) is 6.48. The van der Waals surface area contributed by atoms with Crippen LogP contribution in [0.3, 0.4) is 0 Å². The number of carbonyl (C=O) groups excluding carboxylic acids is 1. The minimum absolute atomic E-state index is 0.157. The van der Waals surface area contributed by atoms with Gasteiger partial charge in [-0.1, -0.05) is 24.3 Å². The highest BCUT2D eigenvalue weighted by Crippen LogP contribution is 2.46. The summed E-state index contributed by atoms with van der Waals surface area (Å²) < 4.78 is 16.5. The van der Waals surface area contributed by atoms with Crippen molar-refractivity contribution in [1.82, 2.24) is 0 Å². The van der Waals surface area contributed by atoms with Gasteiger partial charge in [-0.05, 0) is 48.8 Å². The summed E-state index contributed by atoms with van der Waals surface area (Å²) in [6, 6.07) is 5.75. The van der Waals surface area contributed by atoms with E-state index in [9.17, 15) is 4.79 Å². The number of fused-ring (bicyclic) bond motifs is 2. The van der Waals surface area contributed by atoms with Crippen molar-refractivity contribution in [2.45, 2.75) is 25.4 Å². The fraction of sp³-hybridized carbons (Fsp3) is 0.450. The number of methoxy groups -OCH3 is 2. The van der Waals surface area contributed by atoms with Crippen LogP contribution in [0, 0.1) is 17.8 Å². The molecule has 1 fully saturated rings. The van der Waals surface area contributed by atoms with E-state index in [1.165, 1.54) is 7.11 Å². The van der Waals surface area contributed by atoms with Gasteiger partial charge >= 0.3 is 5.97 Å². The van der Waals surface area contributed by atoms with Crippen molar-refractivity contribution in [3.05, 3.63) is 48.6 Å². The van der Waals surface area contributed by atoms with Crippen molar-refractivity contribution >= 4 is 5.97 Å². The van der Waals surface area contributed by atoms with Crippen LogP contribution in [0.25, 0.3) is 0 Å². The first-order chi connectivity index (χ1) is 11.7. The summed E-state index contributed by atoms with van der Waals surface area (Å²) in [5, 5.41) is 0. The van der Waals surface area contributed by atoms with Gasteiger partial charge < -0.3 is 14.2 Å². The maximum atomic E-state index is 12.3. The zero-order valence-electron chi connectivity index (χ0n) is 14.2. The van der Waals surface area contributed by atoms with Crippen molar-refractivity contribution in [1.29, 1.82) is 0 Å². The van der Waals surface area contributed by atoms with Crippen LogP contribution >= 0.6 is 0 Å². The molecule has 1 saturated carbocycles. The van der Waals surface area contributed by atoms with Crippen LogP contribution in [0.5, 0.6) is 11.5 Å². The van der Waals surface area contributed by atoms with Crippen molar-refractivity contribution < 1.29 is 19.0 Å². The SMILES string of the molecule is C=CCc1ccc(OC(C(=O)OC)C2CC3C=CC2C3)c(OC)c1. The minimum Gasteiger partial charge on any atom is -0.493 e. The summed E-state index contributed by atoms with van der Waals surface area (Å²) in [5.74, 6) is 2.00. The van der Waals surface area contributed by atoms with Gasteiger partial charge in [0.1, 0.15) is 0 Å². The van der Waals surface area contributed by atoms with Crippen molar-refractivity contribution in [3.63, 3.8) is 0 Å². The van der Waals surface area contributed by atoms with E-state index in [1.54, 1.807) is 7.11 Å². The van der Waals surface area contributed by atoms with E-state index in [1.807, 2.05) is 24.3 Å². The Balaban J connectivity index is 1.83. The second-order valence-corrected chi connectivity index (χ2v) is 6.48. The lowest BCUT2D eigenvalue weighted by Crippen LogP contribution is -2.38. The average molecular weight is 328 g/mol. The molecule has 0 heterocycles. The molecule has 0 saturated heterocycles. The molecule has 2 bridgehead atoms. The zero-order chi connectivity index (χ0) is 17.1. The maximum absolute atomic E-state index is 12.3. The Bertz CT molecular complexity index is 649. The third-order valence-corrected chi connectivity index (χ3v) is 5.01. The number of hydrogen-bond acceptors (Lipinski definition) is 4. The Morgan fingerprint density at radius 2 is 2.12 bits per heavy atom. The van der Waals surface area contributed by atoms with Gasteiger partial charge in [0.05, 0.1) is 14.2 Å². The molecule has 0 aromatic heterocycles. The summed E-state index contributed by atoms with van der Waals surface area (Å²) in [4.78, 5) is 12.3. The molecule has 4 atom stereocenters. The van der Waals surface area contributed by atoms with Crippen LogP contribution in [0.4, 0.5) is 0 Å². The van der Waals surface area contributed by atoms with Gasteiger partial charge in [0.15, 0.2) is 17.6 Å². The summed E-state index contributed by atoms with van der Waals surface area (Å²) >= 11 is 0. The summed E-state index contributed by atoms with van der Waals surface area (Å²) in [6.45, 7) is 3.75. The molecule has 0 radical (unpaired) electrons. The number of allylic oxidation sites excluding steroid dienone is 3. The molecule has 0 amide bonds. The number of ether oxygens (including phenoxy) is 3. The number of carbonyl (C=O) groups is 1. The van der Waals surface area contributed by atoms with Crippen LogP contribution in [0.15, 0.2) is 43.0 Å². The smallest absolute Gasteiger partial charge is 0.347 e. The average Bonchev–Trinajstić information content (AvgIpc) is 3.23. The molecule has 0 N–H and O–H groups in total. The van der Waals surface area contributed by atoms with Gasteiger partial charge in [0.25, 0.3) is 0 Å². The van der Waals surface area contributed by atoms with E-state index in [0.29, 0.717) is 23.3 Å². The maximum Gasteiger partial charge on any atom is 0.347 e.